The highest BCUT2D eigenvalue weighted by molar-refractivity contribution is 5.92. The Morgan fingerprint density at radius 2 is 2.11 bits per heavy atom. The lowest BCUT2D eigenvalue weighted by Crippen LogP contribution is -2.25. The van der Waals surface area contributed by atoms with Gasteiger partial charge in [0.1, 0.15) is 6.61 Å². The molecule has 1 fully saturated rings. The molecule has 0 aromatic heterocycles. The number of aryl methyl sites for hydroxylation is 1. The molecule has 4 heteroatoms. The lowest BCUT2D eigenvalue weighted by molar-refractivity contribution is -0.123. The van der Waals surface area contributed by atoms with E-state index in [0.29, 0.717) is 5.69 Å². The van der Waals surface area contributed by atoms with E-state index in [4.69, 9.17) is 10.5 Å². The fraction of sp³-hybridized carbons (Fsp3) is 0.533. The third-order valence-corrected chi connectivity index (χ3v) is 3.54. The van der Waals surface area contributed by atoms with Gasteiger partial charge in [0, 0.05) is 11.4 Å². The highest BCUT2D eigenvalue weighted by atomic mass is 16.5. The summed E-state index contributed by atoms with van der Waals surface area (Å²) in [6.07, 6.45) is 6.10. The molecule has 1 aliphatic rings. The summed E-state index contributed by atoms with van der Waals surface area (Å²) >= 11 is 0. The fourth-order valence-electron chi connectivity index (χ4n) is 2.39. The zero-order valence-corrected chi connectivity index (χ0v) is 11.4. The van der Waals surface area contributed by atoms with Crippen LogP contribution in [0.15, 0.2) is 18.2 Å². The summed E-state index contributed by atoms with van der Waals surface area (Å²) < 4.78 is 5.64. The van der Waals surface area contributed by atoms with E-state index in [1.807, 2.05) is 19.1 Å². The molecule has 1 aliphatic carbocycles. The third kappa shape index (κ3) is 4.24. The van der Waals surface area contributed by atoms with Gasteiger partial charge >= 0.3 is 0 Å². The van der Waals surface area contributed by atoms with Crippen molar-refractivity contribution in [3.63, 3.8) is 0 Å². The molecule has 0 saturated heterocycles. The minimum atomic E-state index is -0.112. The van der Waals surface area contributed by atoms with E-state index in [1.54, 1.807) is 6.07 Å². The van der Waals surface area contributed by atoms with Crippen LogP contribution in [0.4, 0.5) is 11.4 Å². The van der Waals surface area contributed by atoms with Gasteiger partial charge in [0.15, 0.2) is 0 Å². The number of carbonyl (C=O) groups excluding carboxylic acids is 1. The Hall–Kier alpha value is -1.55. The Kier molecular flexibility index (Phi) is 4.80. The van der Waals surface area contributed by atoms with Gasteiger partial charge in [-0.05, 0) is 37.5 Å². The molecule has 3 N–H and O–H groups in total. The van der Waals surface area contributed by atoms with Gasteiger partial charge in [0.25, 0.3) is 0 Å². The monoisotopic (exact) mass is 262 g/mol. The van der Waals surface area contributed by atoms with Crippen molar-refractivity contribution in [3.05, 3.63) is 23.8 Å². The normalized spacial score (nSPS) is 16.3. The van der Waals surface area contributed by atoms with Crippen molar-refractivity contribution in [2.45, 2.75) is 45.1 Å². The van der Waals surface area contributed by atoms with E-state index in [2.05, 4.69) is 5.32 Å². The van der Waals surface area contributed by atoms with E-state index >= 15 is 0 Å². The Balaban J connectivity index is 1.81. The first kappa shape index (κ1) is 13.9. The van der Waals surface area contributed by atoms with E-state index < -0.39 is 0 Å². The van der Waals surface area contributed by atoms with Crippen LogP contribution in [-0.2, 0) is 9.53 Å². The number of nitrogen functional groups attached to an aromatic ring is 1. The summed E-state index contributed by atoms with van der Waals surface area (Å²) in [5.41, 5.74) is 8.12. The maximum Gasteiger partial charge on any atom is 0.250 e. The van der Waals surface area contributed by atoms with Gasteiger partial charge in [0.2, 0.25) is 5.91 Å². The SMILES string of the molecule is Cc1ccc(N)cc1NC(=O)COC1CCCCC1. The zero-order chi connectivity index (χ0) is 13.7. The number of nitrogens with two attached hydrogens (primary N) is 1. The number of carbonyl (C=O) groups is 1. The molecule has 0 spiro atoms. The van der Waals surface area contributed by atoms with Crippen LogP contribution in [0.5, 0.6) is 0 Å². The molecule has 2 rings (SSSR count). The summed E-state index contributed by atoms with van der Waals surface area (Å²) in [6.45, 7) is 2.07. The predicted molar refractivity (Wildman–Crippen MR) is 77.0 cm³/mol. The second-order valence-corrected chi connectivity index (χ2v) is 5.19. The highest BCUT2D eigenvalue weighted by Crippen LogP contribution is 2.21. The van der Waals surface area contributed by atoms with Crippen LogP contribution in [0, 0.1) is 6.92 Å². The number of nitrogens with one attached hydrogen (secondary N) is 1. The molecular formula is C15H22N2O2. The van der Waals surface area contributed by atoms with Gasteiger partial charge in [-0.2, -0.15) is 0 Å². The maximum absolute atomic E-state index is 11.8. The summed E-state index contributed by atoms with van der Waals surface area (Å²) in [6, 6.07) is 5.49. The summed E-state index contributed by atoms with van der Waals surface area (Å²) in [7, 11) is 0. The van der Waals surface area contributed by atoms with Gasteiger partial charge in [0.05, 0.1) is 6.10 Å². The van der Waals surface area contributed by atoms with Crippen LogP contribution in [-0.4, -0.2) is 18.6 Å². The Labute approximate surface area is 114 Å². The first-order chi connectivity index (χ1) is 9.15. The van der Waals surface area contributed by atoms with E-state index in [-0.39, 0.29) is 18.6 Å². The third-order valence-electron chi connectivity index (χ3n) is 3.54. The molecule has 19 heavy (non-hydrogen) atoms. The molecular weight excluding hydrogens is 240 g/mol. The van der Waals surface area contributed by atoms with Crippen molar-refractivity contribution >= 4 is 17.3 Å². The van der Waals surface area contributed by atoms with Crippen molar-refractivity contribution < 1.29 is 9.53 Å². The van der Waals surface area contributed by atoms with Crippen LogP contribution in [0.25, 0.3) is 0 Å². The van der Waals surface area contributed by atoms with E-state index in [1.165, 1.54) is 19.3 Å². The van der Waals surface area contributed by atoms with Crippen molar-refractivity contribution in [2.75, 3.05) is 17.7 Å². The molecule has 1 amide bonds. The number of benzene rings is 1. The van der Waals surface area contributed by atoms with Gasteiger partial charge < -0.3 is 15.8 Å². The molecule has 4 nitrogen and oxygen atoms in total. The van der Waals surface area contributed by atoms with Crippen LogP contribution in [0.3, 0.4) is 0 Å². The number of anilines is 2. The minimum absolute atomic E-state index is 0.112. The predicted octanol–water partition coefficient (Wildman–Crippen LogP) is 2.87. The highest BCUT2D eigenvalue weighted by Gasteiger charge is 2.15. The Bertz CT molecular complexity index is 440. The number of ether oxygens (including phenoxy) is 1. The lowest BCUT2D eigenvalue weighted by Gasteiger charge is -2.21. The molecule has 1 saturated carbocycles. The minimum Gasteiger partial charge on any atom is -0.399 e. The smallest absolute Gasteiger partial charge is 0.250 e. The van der Waals surface area contributed by atoms with E-state index in [0.717, 1.165) is 24.1 Å². The molecule has 0 bridgehead atoms. The second-order valence-electron chi connectivity index (χ2n) is 5.19. The van der Waals surface area contributed by atoms with Gasteiger partial charge in [-0.15, -0.1) is 0 Å². The van der Waals surface area contributed by atoms with Gasteiger partial charge in [-0.3, -0.25) is 4.79 Å². The first-order valence-corrected chi connectivity index (χ1v) is 6.93. The van der Waals surface area contributed by atoms with Crippen molar-refractivity contribution in [1.29, 1.82) is 0 Å². The fourth-order valence-corrected chi connectivity index (χ4v) is 2.39. The zero-order valence-electron chi connectivity index (χ0n) is 11.4. The standard InChI is InChI=1S/C15H22N2O2/c1-11-7-8-12(16)9-14(11)17-15(18)10-19-13-5-3-2-4-6-13/h7-9,13H,2-6,10,16H2,1H3,(H,17,18). The van der Waals surface area contributed by atoms with Crippen LogP contribution in [0.2, 0.25) is 0 Å². The summed E-state index contributed by atoms with van der Waals surface area (Å²) in [5, 5.41) is 2.85. The van der Waals surface area contributed by atoms with Gasteiger partial charge in [-0.25, -0.2) is 0 Å². The second kappa shape index (κ2) is 6.57. The van der Waals surface area contributed by atoms with E-state index in [9.17, 15) is 4.79 Å². The van der Waals surface area contributed by atoms with Crippen molar-refractivity contribution in [3.8, 4) is 0 Å². The van der Waals surface area contributed by atoms with Gasteiger partial charge in [-0.1, -0.05) is 25.3 Å². The van der Waals surface area contributed by atoms with Crippen molar-refractivity contribution in [2.24, 2.45) is 0 Å². The largest absolute Gasteiger partial charge is 0.399 e. The van der Waals surface area contributed by atoms with Crippen LogP contribution in [0.1, 0.15) is 37.7 Å². The Morgan fingerprint density at radius 3 is 2.84 bits per heavy atom. The number of hydrogen-bond donors (Lipinski definition) is 2. The van der Waals surface area contributed by atoms with Crippen molar-refractivity contribution in [1.82, 2.24) is 0 Å². The topological polar surface area (TPSA) is 64.3 Å². The number of hydrogen-bond acceptors (Lipinski definition) is 3. The summed E-state index contributed by atoms with van der Waals surface area (Å²) in [4.78, 5) is 11.8. The molecule has 0 radical (unpaired) electrons. The molecule has 104 valence electrons. The summed E-state index contributed by atoms with van der Waals surface area (Å²) in [5.74, 6) is -0.112. The Morgan fingerprint density at radius 1 is 1.37 bits per heavy atom. The quantitative estimate of drug-likeness (QED) is 0.820. The maximum atomic E-state index is 11.8. The first-order valence-electron chi connectivity index (χ1n) is 6.93. The molecule has 0 heterocycles. The van der Waals surface area contributed by atoms with Crippen LogP contribution < -0.4 is 11.1 Å². The number of rotatable bonds is 4. The number of amides is 1. The lowest BCUT2D eigenvalue weighted by atomic mass is 9.98. The molecule has 1 aromatic carbocycles. The molecule has 0 atom stereocenters. The average Bonchev–Trinajstić information content (AvgIpc) is 2.42. The van der Waals surface area contributed by atoms with Crippen LogP contribution >= 0.6 is 0 Å². The average molecular weight is 262 g/mol. The molecule has 0 unspecified atom stereocenters. The molecule has 0 aliphatic heterocycles. The molecule has 1 aromatic rings.